The van der Waals surface area contributed by atoms with Gasteiger partial charge in [-0.2, -0.15) is 0 Å². The Bertz CT molecular complexity index is 1800. The van der Waals surface area contributed by atoms with Crippen LogP contribution in [0.4, 0.5) is 11.4 Å². The zero-order valence-corrected chi connectivity index (χ0v) is 34.8. The van der Waals surface area contributed by atoms with E-state index in [1.54, 1.807) is 0 Å². The molecule has 0 saturated heterocycles. The number of aliphatic hydroxyl groups is 1. The summed E-state index contributed by atoms with van der Waals surface area (Å²) in [6.07, 6.45) is 6.85. The number of carbonyl (C=O) groups excluding carboxylic acids is 1. The standard InChI is InChI=1S/C30H33BN3.C13H24O2.Ir/c1-19-15-20(2)27(21(3)16-19)31-33(7)26-13-14-32-28(29(26)34(31)8)23-17-22-11-9-10-12-24(22)25(18-23)30(4,5)6;1-5-10(6-2)12(14)9-13(15)11(7-3)8-4;/h9-16,18H,1-8H3;9-11,14H,5-8H2,1-4H3;/q-1;;/b;12-9-;. The first kappa shape index (κ1) is 41.0. The zero-order valence-electron chi connectivity index (χ0n) is 32.4. The van der Waals surface area contributed by atoms with Crippen molar-refractivity contribution in [3.8, 4) is 11.3 Å². The van der Waals surface area contributed by atoms with Gasteiger partial charge in [-0.15, -0.1) is 29.1 Å². The first-order valence-corrected chi connectivity index (χ1v) is 18.1. The zero-order chi connectivity index (χ0) is 36.2. The molecule has 0 spiro atoms. The number of pyridine rings is 1. The summed E-state index contributed by atoms with van der Waals surface area (Å²) in [4.78, 5) is 21.4. The van der Waals surface area contributed by atoms with Gasteiger partial charge in [0.2, 0.25) is 0 Å². The summed E-state index contributed by atoms with van der Waals surface area (Å²) in [7, 11) is 4.39. The second-order valence-electron chi connectivity index (χ2n) is 14.8. The fraction of sp³-hybridized carbons (Fsp3) is 0.442. The van der Waals surface area contributed by atoms with E-state index in [0.717, 1.165) is 42.3 Å². The third-order valence-electron chi connectivity index (χ3n) is 10.3. The van der Waals surface area contributed by atoms with E-state index < -0.39 is 0 Å². The minimum Gasteiger partial charge on any atom is -0.512 e. The Morgan fingerprint density at radius 2 is 1.48 bits per heavy atom. The first-order chi connectivity index (χ1) is 23.2. The molecule has 1 N–H and O–H groups in total. The van der Waals surface area contributed by atoms with Crippen LogP contribution < -0.4 is 15.1 Å². The smallest absolute Gasteiger partial charge is 0.411 e. The van der Waals surface area contributed by atoms with Crippen molar-refractivity contribution in [1.82, 2.24) is 4.98 Å². The molecule has 4 aromatic rings. The number of hydrogen-bond donors (Lipinski definition) is 1. The molecule has 2 heterocycles. The number of rotatable bonds is 9. The molecule has 0 bridgehead atoms. The molecule has 50 heavy (non-hydrogen) atoms. The van der Waals surface area contributed by atoms with Crippen LogP contribution in [0.25, 0.3) is 22.0 Å². The largest absolute Gasteiger partial charge is 0.512 e. The Morgan fingerprint density at radius 1 is 0.900 bits per heavy atom. The number of nitrogens with zero attached hydrogens (tertiary/aromatic N) is 3. The number of anilines is 2. The van der Waals surface area contributed by atoms with Crippen LogP contribution in [0.5, 0.6) is 0 Å². The first-order valence-electron chi connectivity index (χ1n) is 18.1. The van der Waals surface area contributed by atoms with E-state index in [1.165, 1.54) is 50.6 Å². The summed E-state index contributed by atoms with van der Waals surface area (Å²) in [5.74, 6) is 0.547. The molecule has 0 unspecified atom stereocenters. The van der Waals surface area contributed by atoms with Crippen molar-refractivity contribution in [3.05, 3.63) is 94.9 Å². The molecule has 1 aliphatic heterocycles. The maximum absolute atomic E-state index is 11.7. The summed E-state index contributed by atoms with van der Waals surface area (Å²) in [6.45, 7) is 21.7. The number of carbonyl (C=O) groups is 1. The SMILES string of the molecule is CCC(CC)C(=O)/C=C(\O)C(CC)CC.Cc1cc(C)c(B2N(C)c3ccnc(-c4[c-]c5ccccc5c(C(C)(C)C)c4)c3N2C)c(C)c1.[Ir]. The van der Waals surface area contributed by atoms with Gasteiger partial charge in [-0.05, 0) is 77.5 Å². The number of aromatic nitrogens is 1. The molecular formula is C43H57BIrN3O2-. The van der Waals surface area contributed by atoms with Gasteiger partial charge in [-0.3, -0.25) is 9.78 Å². The van der Waals surface area contributed by atoms with Crippen molar-refractivity contribution in [3.63, 3.8) is 0 Å². The number of aryl methyl sites for hydroxylation is 3. The maximum atomic E-state index is 11.7. The molecule has 3 aromatic carbocycles. The van der Waals surface area contributed by atoms with Crippen LogP contribution in [0.3, 0.4) is 0 Å². The molecule has 7 heteroatoms. The van der Waals surface area contributed by atoms with Gasteiger partial charge in [0.05, 0.1) is 5.76 Å². The minimum atomic E-state index is 0. The van der Waals surface area contributed by atoms with Gasteiger partial charge >= 0.3 is 6.98 Å². The number of benzene rings is 3. The second kappa shape index (κ2) is 17.2. The normalized spacial score (nSPS) is 13.1. The van der Waals surface area contributed by atoms with E-state index in [0.29, 0.717) is 0 Å². The van der Waals surface area contributed by atoms with Crippen LogP contribution in [0.2, 0.25) is 0 Å². The molecule has 5 rings (SSSR count). The molecule has 0 fully saturated rings. The average molecular weight is 851 g/mol. The Balaban J connectivity index is 0.000000361. The number of fused-ring (bicyclic) bond motifs is 2. The van der Waals surface area contributed by atoms with E-state index >= 15 is 0 Å². The van der Waals surface area contributed by atoms with Crippen LogP contribution in [-0.2, 0) is 30.3 Å². The van der Waals surface area contributed by atoms with Crippen LogP contribution in [0.15, 0.2) is 66.6 Å². The van der Waals surface area contributed by atoms with Gasteiger partial charge in [0, 0.05) is 61.3 Å². The van der Waals surface area contributed by atoms with E-state index in [-0.39, 0.29) is 55.9 Å². The third-order valence-corrected chi connectivity index (χ3v) is 10.3. The molecule has 5 nitrogen and oxygen atoms in total. The van der Waals surface area contributed by atoms with Crippen LogP contribution in [-0.4, -0.2) is 37.0 Å². The quantitative estimate of drug-likeness (QED) is 0.0787. The van der Waals surface area contributed by atoms with Crippen molar-refractivity contribution in [2.24, 2.45) is 11.8 Å². The van der Waals surface area contributed by atoms with Gasteiger partial charge in [-0.1, -0.05) is 106 Å². The maximum Gasteiger partial charge on any atom is 0.411 e. The summed E-state index contributed by atoms with van der Waals surface area (Å²) in [6, 6.07) is 21.3. The Hall–Kier alpha value is -3.41. The Labute approximate surface area is 316 Å². The predicted octanol–water partition coefficient (Wildman–Crippen LogP) is 10.1. The van der Waals surface area contributed by atoms with Crippen LogP contribution in [0, 0.1) is 38.7 Å². The minimum absolute atomic E-state index is 0. The molecule has 0 aliphatic carbocycles. The van der Waals surface area contributed by atoms with E-state index in [4.69, 9.17) is 4.98 Å². The van der Waals surface area contributed by atoms with Crippen molar-refractivity contribution >= 4 is 40.4 Å². The fourth-order valence-corrected chi connectivity index (χ4v) is 7.53. The molecule has 269 valence electrons. The van der Waals surface area contributed by atoms with Gasteiger partial charge < -0.3 is 14.7 Å². The van der Waals surface area contributed by atoms with Crippen molar-refractivity contribution in [2.75, 3.05) is 23.7 Å². The topological polar surface area (TPSA) is 56.7 Å². The summed E-state index contributed by atoms with van der Waals surface area (Å²) >= 11 is 0. The number of ketones is 1. The summed E-state index contributed by atoms with van der Waals surface area (Å²) < 4.78 is 0. The number of allylic oxidation sites excluding steroid dienone is 2. The van der Waals surface area contributed by atoms with Gasteiger partial charge in [0.25, 0.3) is 0 Å². The number of aliphatic hydroxyl groups excluding tert-OH is 1. The molecule has 0 atom stereocenters. The van der Waals surface area contributed by atoms with E-state index in [2.05, 4.69) is 120 Å². The van der Waals surface area contributed by atoms with Crippen molar-refractivity contribution in [1.29, 1.82) is 0 Å². The molecule has 1 radical (unpaired) electrons. The molecule has 1 aliphatic rings. The summed E-state index contributed by atoms with van der Waals surface area (Å²) in [5, 5.41) is 12.2. The van der Waals surface area contributed by atoms with Gasteiger partial charge in [-0.25, -0.2) is 0 Å². The van der Waals surface area contributed by atoms with Gasteiger partial charge in [0.15, 0.2) is 5.78 Å². The Morgan fingerprint density at radius 3 is 2.04 bits per heavy atom. The van der Waals surface area contributed by atoms with E-state index in [9.17, 15) is 9.90 Å². The van der Waals surface area contributed by atoms with Crippen LogP contribution in [0.1, 0.15) is 96.4 Å². The second-order valence-corrected chi connectivity index (χ2v) is 14.8. The van der Waals surface area contributed by atoms with Gasteiger partial charge in [0.1, 0.15) is 0 Å². The monoisotopic (exact) mass is 851 g/mol. The average Bonchev–Trinajstić information content (AvgIpc) is 3.30. The summed E-state index contributed by atoms with van der Waals surface area (Å²) in [5.41, 5.74) is 11.1. The predicted molar refractivity (Wildman–Crippen MR) is 211 cm³/mol. The third kappa shape index (κ3) is 8.54. The molecular weight excluding hydrogens is 794 g/mol. The van der Waals surface area contributed by atoms with Crippen molar-refractivity contribution in [2.45, 2.75) is 100 Å². The molecule has 0 amide bonds. The van der Waals surface area contributed by atoms with Crippen molar-refractivity contribution < 1.29 is 30.0 Å². The Kier molecular flexibility index (Phi) is 14.1. The molecule has 1 aromatic heterocycles. The molecule has 0 saturated carbocycles. The van der Waals surface area contributed by atoms with Crippen LogP contribution >= 0.6 is 0 Å². The fourth-order valence-electron chi connectivity index (χ4n) is 7.53. The number of hydrogen-bond acceptors (Lipinski definition) is 5. The van der Waals surface area contributed by atoms with E-state index in [1.807, 2.05) is 33.9 Å².